The van der Waals surface area contributed by atoms with Crippen molar-refractivity contribution in [3.05, 3.63) is 58.6 Å². The van der Waals surface area contributed by atoms with E-state index in [-0.39, 0.29) is 12.4 Å². The maximum absolute atomic E-state index is 12.3. The molecule has 3 rings (SSSR count). The molecular weight excluding hydrogens is 466 g/mol. The van der Waals surface area contributed by atoms with E-state index < -0.39 is 67.8 Å². The third-order valence-electron chi connectivity index (χ3n) is 4.94. The van der Waals surface area contributed by atoms with Crippen LogP contribution >= 0.6 is 0 Å². The molecule has 0 bridgehead atoms. The number of anilines is 1. The lowest BCUT2D eigenvalue weighted by Gasteiger charge is -2.17. The van der Waals surface area contributed by atoms with Gasteiger partial charge in [-0.25, -0.2) is 9.59 Å². The molecule has 1 saturated heterocycles. The largest absolute Gasteiger partial charge is 0.445 e. The van der Waals surface area contributed by atoms with Gasteiger partial charge >= 0.3 is 11.8 Å². The van der Waals surface area contributed by atoms with E-state index in [0.29, 0.717) is 0 Å². The van der Waals surface area contributed by atoms with E-state index in [9.17, 15) is 29.4 Å². The van der Waals surface area contributed by atoms with Gasteiger partial charge in [0.05, 0.1) is 13.2 Å². The molecule has 0 spiro atoms. The van der Waals surface area contributed by atoms with Gasteiger partial charge in [0.25, 0.3) is 0 Å². The summed E-state index contributed by atoms with van der Waals surface area (Å²) in [5, 5.41) is 35.8. The van der Waals surface area contributed by atoms with Gasteiger partial charge in [-0.15, -0.1) is 0 Å². The average molecular weight is 491 g/mol. The smallest absolute Gasteiger partial charge is 0.407 e. The highest BCUT2D eigenvalue weighted by atomic mass is 16.6. The molecule has 1 aromatic carbocycles. The Bertz CT molecular complexity index is 1090. The van der Waals surface area contributed by atoms with Gasteiger partial charge < -0.3 is 40.7 Å². The molecule has 188 valence electrons. The SMILES string of the molecule is O=C(CNC(=O)OCc1ccccc1)NCC(=O)Nc1ccn(C2OC(CO)C(O)C2O)c(=O)n1. The van der Waals surface area contributed by atoms with Crippen LogP contribution in [-0.2, 0) is 25.7 Å². The van der Waals surface area contributed by atoms with Crippen LogP contribution in [0.2, 0.25) is 0 Å². The second-order valence-electron chi connectivity index (χ2n) is 7.47. The number of nitrogens with zero attached hydrogens (tertiary/aromatic N) is 2. The number of aromatic nitrogens is 2. The predicted molar refractivity (Wildman–Crippen MR) is 118 cm³/mol. The number of hydrogen-bond acceptors (Lipinski definition) is 10. The van der Waals surface area contributed by atoms with Crippen LogP contribution in [-0.4, -0.2) is 80.8 Å². The van der Waals surface area contributed by atoms with Crippen LogP contribution in [0.1, 0.15) is 11.8 Å². The van der Waals surface area contributed by atoms with Gasteiger partial charge in [-0.2, -0.15) is 4.98 Å². The number of carbonyl (C=O) groups is 3. The molecular formula is C21H25N5O9. The molecule has 14 heteroatoms. The van der Waals surface area contributed by atoms with Gasteiger partial charge in [0.2, 0.25) is 11.8 Å². The molecule has 14 nitrogen and oxygen atoms in total. The zero-order valence-electron chi connectivity index (χ0n) is 18.4. The molecule has 2 aromatic rings. The van der Waals surface area contributed by atoms with Gasteiger partial charge in [-0.05, 0) is 11.6 Å². The zero-order valence-corrected chi connectivity index (χ0v) is 18.4. The number of carbonyl (C=O) groups excluding carboxylic acids is 3. The summed E-state index contributed by atoms with van der Waals surface area (Å²) in [6.07, 6.45) is -4.79. The Hall–Kier alpha value is -3.85. The number of hydrogen-bond donors (Lipinski definition) is 6. The van der Waals surface area contributed by atoms with Crippen molar-refractivity contribution in [3.8, 4) is 0 Å². The molecule has 1 aromatic heterocycles. The first-order chi connectivity index (χ1) is 16.8. The van der Waals surface area contributed by atoms with Crippen molar-refractivity contribution in [2.24, 2.45) is 0 Å². The Morgan fingerprint density at radius 3 is 2.40 bits per heavy atom. The van der Waals surface area contributed by atoms with Gasteiger partial charge in [-0.1, -0.05) is 30.3 Å². The van der Waals surface area contributed by atoms with Crippen LogP contribution in [0.15, 0.2) is 47.4 Å². The number of alkyl carbamates (subject to hydrolysis) is 1. The minimum atomic E-state index is -1.47. The third-order valence-corrected chi connectivity index (χ3v) is 4.94. The minimum Gasteiger partial charge on any atom is -0.445 e. The summed E-state index contributed by atoms with van der Waals surface area (Å²) in [7, 11) is 0. The van der Waals surface area contributed by atoms with Crippen LogP contribution in [0.4, 0.5) is 10.6 Å². The number of rotatable bonds is 9. The topological polar surface area (TPSA) is 201 Å². The summed E-state index contributed by atoms with van der Waals surface area (Å²) in [4.78, 5) is 51.4. The molecule has 0 saturated carbocycles. The highest BCUT2D eigenvalue weighted by molar-refractivity contribution is 5.94. The summed E-state index contributed by atoms with van der Waals surface area (Å²) in [6.45, 7) is -1.39. The predicted octanol–water partition coefficient (Wildman–Crippen LogP) is -2.16. The monoisotopic (exact) mass is 491 g/mol. The number of ether oxygens (including phenoxy) is 2. The lowest BCUT2D eigenvalue weighted by Crippen LogP contribution is -2.40. The quantitative estimate of drug-likeness (QED) is 0.224. The first-order valence-corrected chi connectivity index (χ1v) is 10.5. The molecule has 0 aliphatic carbocycles. The first-order valence-electron chi connectivity index (χ1n) is 10.5. The lowest BCUT2D eigenvalue weighted by molar-refractivity contribution is -0.123. The number of aliphatic hydroxyl groups excluding tert-OH is 3. The third kappa shape index (κ3) is 7.07. The highest BCUT2D eigenvalue weighted by Gasteiger charge is 2.43. The Kier molecular flexibility index (Phi) is 8.86. The van der Waals surface area contributed by atoms with Gasteiger partial charge in [0.1, 0.15) is 37.3 Å². The van der Waals surface area contributed by atoms with E-state index in [0.717, 1.165) is 10.1 Å². The Morgan fingerprint density at radius 2 is 1.74 bits per heavy atom. The molecule has 2 heterocycles. The molecule has 35 heavy (non-hydrogen) atoms. The Balaban J connectivity index is 1.41. The maximum atomic E-state index is 12.3. The van der Waals surface area contributed by atoms with E-state index >= 15 is 0 Å². The molecule has 1 aliphatic rings. The summed E-state index contributed by atoms with van der Waals surface area (Å²) >= 11 is 0. The Morgan fingerprint density at radius 1 is 1.03 bits per heavy atom. The number of aliphatic hydroxyl groups is 3. The van der Waals surface area contributed by atoms with Crippen LogP contribution in [0, 0.1) is 0 Å². The molecule has 6 N–H and O–H groups in total. The molecule has 0 radical (unpaired) electrons. The maximum Gasteiger partial charge on any atom is 0.407 e. The lowest BCUT2D eigenvalue weighted by atomic mass is 10.1. The summed E-state index contributed by atoms with van der Waals surface area (Å²) in [5.41, 5.74) is -0.108. The fourth-order valence-electron chi connectivity index (χ4n) is 3.14. The molecule has 1 fully saturated rings. The molecule has 4 atom stereocenters. The van der Waals surface area contributed by atoms with Gasteiger partial charge in [0, 0.05) is 6.20 Å². The second kappa shape index (κ2) is 12.0. The van der Waals surface area contributed by atoms with E-state index in [4.69, 9.17) is 14.6 Å². The number of nitrogens with one attached hydrogen (secondary N) is 3. The summed E-state index contributed by atoms with van der Waals surface area (Å²) in [6, 6.07) is 10.2. The van der Waals surface area contributed by atoms with Crippen molar-refractivity contribution in [1.82, 2.24) is 20.2 Å². The van der Waals surface area contributed by atoms with Crippen molar-refractivity contribution in [3.63, 3.8) is 0 Å². The number of amides is 3. The van der Waals surface area contributed by atoms with Crippen molar-refractivity contribution < 1.29 is 39.2 Å². The van der Waals surface area contributed by atoms with Crippen LogP contribution < -0.4 is 21.6 Å². The molecule has 1 aliphatic heterocycles. The van der Waals surface area contributed by atoms with Crippen molar-refractivity contribution >= 4 is 23.7 Å². The van der Waals surface area contributed by atoms with E-state index in [1.165, 1.54) is 12.3 Å². The number of benzene rings is 1. The van der Waals surface area contributed by atoms with Crippen molar-refractivity contribution in [1.29, 1.82) is 0 Å². The first kappa shape index (κ1) is 25.8. The van der Waals surface area contributed by atoms with E-state index in [1.807, 2.05) is 6.07 Å². The summed E-state index contributed by atoms with van der Waals surface area (Å²) < 4.78 is 11.1. The van der Waals surface area contributed by atoms with E-state index in [1.54, 1.807) is 24.3 Å². The Labute approximate surface area is 198 Å². The van der Waals surface area contributed by atoms with E-state index in [2.05, 4.69) is 20.9 Å². The zero-order chi connectivity index (χ0) is 25.4. The average Bonchev–Trinajstić information content (AvgIpc) is 3.14. The van der Waals surface area contributed by atoms with Crippen LogP contribution in [0.25, 0.3) is 0 Å². The highest BCUT2D eigenvalue weighted by Crippen LogP contribution is 2.28. The second-order valence-corrected chi connectivity index (χ2v) is 7.47. The van der Waals surface area contributed by atoms with Crippen LogP contribution in [0.5, 0.6) is 0 Å². The minimum absolute atomic E-state index is 0.0386. The normalized spacial score (nSPS) is 21.2. The van der Waals surface area contributed by atoms with Crippen molar-refractivity contribution in [2.45, 2.75) is 31.1 Å². The molecule has 4 unspecified atom stereocenters. The summed E-state index contributed by atoms with van der Waals surface area (Å²) in [5.74, 6) is -1.47. The molecule has 3 amide bonds. The van der Waals surface area contributed by atoms with Crippen LogP contribution in [0.3, 0.4) is 0 Å². The van der Waals surface area contributed by atoms with Gasteiger partial charge in [0.15, 0.2) is 6.23 Å². The fourth-order valence-corrected chi connectivity index (χ4v) is 3.14. The van der Waals surface area contributed by atoms with Gasteiger partial charge in [-0.3, -0.25) is 14.2 Å². The van der Waals surface area contributed by atoms with Crippen molar-refractivity contribution in [2.75, 3.05) is 25.0 Å². The fraction of sp³-hybridized carbons (Fsp3) is 0.381. The standard InChI is InChI=1S/C21H25N5O9/c27-10-13-17(30)18(31)19(35-13)26-7-6-14(25-20(26)32)24-16(29)9-22-15(28)8-23-21(33)34-11-12-4-2-1-3-5-12/h1-7,13,17-19,27,30-31H,8-11H2,(H,22,28)(H,23,33)(H,24,25,29,32).